The van der Waals surface area contributed by atoms with Gasteiger partial charge in [0.05, 0.1) is 32.3 Å². The van der Waals surface area contributed by atoms with Crippen molar-refractivity contribution in [1.29, 1.82) is 0 Å². The van der Waals surface area contributed by atoms with Gasteiger partial charge in [0.15, 0.2) is 0 Å². The Labute approximate surface area is 71.5 Å². The van der Waals surface area contributed by atoms with E-state index in [2.05, 4.69) is 0 Å². The molecule has 1 unspecified atom stereocenters. The summed E-state index contributed by atoms with van der Waals surface area (Å²) in [5.41, 5.74) is 0. The van der Waals surface area contributed by atoms with Gasteiger partial charge in [-0.25, -0.2) is 0 Å². The molecule has 1 aliphatic heterocycles. The monoisotopic (exact) mass is 174 g/mol. The molecule has 0 aliphatic carbocycles. The lowest BCUT2D eigenvalue weighted by Crippen LogP contribution is -2.40. The molecule has 0 amide bonds. The van der Waals surface area contributed by atoms with Crippen LogP contribution in [0.5, 0.6) is 0 Å². The number of carbonyl (C=O) groups is 1. The molecule has 1 heterocycles. The third kappa shape index (κ3) is 1.95. The zero-order valence-corrected chi connectivity index (χ0v) is 7.16. The number of carbonyl (C=O) groups excluding carboxylic acids is 1. The van der Waals surface area contributed by atoms with E-state index in [1.165, 1.54) is 0 Å². The summed E-state index contributed by atoms with van der Waals surface area (Å²) in [7, 11) is 0. The van der Waals surface area contributed by atoms with Crippen LogP contribution in [0.4, 0.5) is 0 Å². The molecule has 12 heavy (non-hydrogen) atoms. The number of aliphatic hydroxyl groups excluding tert-OH is 1. The minimum absolute atomic E-state index is 0.146. The summed E-state index contributed by atoms with van der Waals surface area (Å²) >= 11 is 0. The molecule has 4 nitrogen and oxygen atoms in total. The first-order valence-electron chi connectivity index (χ1n) is 4.14. The Morgan fingerprint density at radius 1 is 1.75 bits per heavy atom. The molecular formula is C8H14O4. The van der Waals surface area contributed by atoms with Gasteiger partial charge in [-0.05, 0) is 6.92 Å². The van der Waals surface area contributed by atoms with Crippen LogP contribution in [0.1, 0.15) is 6.92 Å². The second kappa shape index (κ2) is 4.42. The molecule has 0 bridgehead atoms. The van der Waals surface area contributed by atoms with Crippen LogP contribution in [0.3, 0.4) is 0 Å². The standard InChI is InChI=1S/C8H14O4/c1-2-12-8(10)7(3-9)6-4-11-5-6/h6-7,9H,2-5H2,1H3. The Morgan fingerprint density at radius 2 is 2.42 bits per heavy atom. The van der Waals surface area contributed by atoms with Crippen LogP contribution >= 0.6 is 0 Å². The average Bonchev–Trinajstić information content (AvgIpc) is 1.96. The molecule has 0 aromatic heterocycles. The predicted molar refractivity (Wildman–Crippen MR) is 41.5 cm³/mol. The summed E-state index contributed by atoms with van der Waals surface area (Å²) in [4.78, 5) is 11.2. The average molecular weight is 174 g/mol. The molecule has 70 valence electrons. The molecule has 1 fully saturated rings. The van der Waals surface area contributed by atoms with Gasteiger partial charge in [-0.1, -0.05) is 0 Å². The number of hydrogen-bond acceptors (Lipinski definition) is 4. The molecule has 0 radical (unpaired) electrons. The van der Waals surface area contributed by atoms with Crippen LogP contribution in [0.15, 0.2) is 0 Å². The van der Waals surface area contributed by atoms with Crippen LogP contribution in [0.25, 0.3) is 0 Å². The van der Waals surface area contributed by atoms with E-state index in [9.17, 15) is 4.79 Å². The van der Waals surface area contributed by atoms with Crippen molar-refractivity contribution in [2.45, 2.75) is 6.92 Å². The second-order valence-corrected chi connectivity index (χ2v) is 2.84. The summed E-state index contributed by atoms with van der Waals surface area (Å²) < 4.78 is 9.72. The highest BCUT2D eigenvalue weighted by Crippen LogP contribution is 2.21. The van der Waals surface area contributed by atoms with Crippen LogP contribution in [0.2, 0.25) is 0 Å². The maximum Gasteiger partial charge on any atom is 0.311 e. The largest absolute Gasteiger partial charge is 0.466 e. The predicted octanol–water partition coefficient (Wildman–Crippen LogP) is -0.196. The third-order valence-corrected chi connectivity index (χ3v) is 2.02. The topological polar surface area (TPSA) is 55.8 Å². The minimum atomic E-state index is -0.390. The van der Waals surface area contributed by atoms with Gasteiger partial charge >= 0.3 is 5.97 Å². The maximum absolute atomic E-state index is 11.2. The highest BCUT2D eigenvalue weighted by molar-refractivity contribution is 5.73. The Balaban J connectivity index is 2.37. The fourth-order valence-corrected chi connectivity index (χ4v) is 1.15. The molecule has 0 aromatic rings. The van der Waals surface area contributed by atoms with Gasteiger partial charge in [-0.3, -0.25) is 4.79 Å². The molecular weight excluding hydrogens is 160 g/mol. The Morgan fingerprint density at radius 3 is 2.75 bits per heavy atom. The Bertz CT molecular complexity index is 153. The number of esters is 1. The van der Waals surface area contributed by atoms with E-state index in [0.29, 0.717) is 19.8 Å². The highest BCUT2D eigenvalue weighted by atomic mass is 16.5. The van der Waals surface area contributed by atoms with Gasteiger partial charge in [0, 0.05) is 5.92 Å². The van der Waals surface area contributed by atoms with Crippen molar-refractivity contribution in [2.75, 3.05) is 26.4 Å². The van der Waals surface area contributed by atoms with Crippen molar-refractivity contribution < 1.29 is 19.4 Å². The quantitative estimate of drug-likeness (QED) is 0.600. The molecule has 4 heteroatoms. The van der Waals surface area contributed by atoms with Crippen LogP contribution in [-0.2, 0) is 14.3 Å². The molecule has 0 spiro atoms. The summed E-state index contributed by atoms with van der Waals surface area (Å²) in [5.74, 6) is -0.555. The zero-order chi connectivity index (χ0) is 8.97. The van der Waals surface area contributed by atoms with Crippen LogP contribution in [0, 0.1) is 11.8 Å². The number of hydrogen-bond donors (Lipinski definition) is 1. The van der Waals surface area contributed by atoms with Gasteiger partial charge in [0.2, 0.25) is 0 Å². The Kier molecular flexibility index (Phi) is 3.49. The minimum Gasteiger partial charge on any atom is -0.466 e. The molecule has 1 aliphatic rings. The van der Waals surface area contributed by atoms with Crippen molar-refractivity contribution in [2.24, 2.45) is 11.8 Å². The van der Waals surface area contributed by atoms with E-state index in [-0.39, 0.29) is 18.5 Å². The van der Waals surface area contributed by atoms with Gasteiger partial charge < -0.3 is 14.6 Å². The van der Waals surface area contributed by atoms with E-state index in [1.807, 2.05) is 0 Å². The zero-order valence-electron chi connectivity index (χ0n) is 7.16. The van der Waals surface area contributed by atoms with Gasteiger partial charge in [-0.15, -0.1) is 0 Å². The molecule has 1 saturated heterocycles. The van der Waals surface area contributed by atoms with Crippen LogP contribution < -0.4 is 0 Å². The molecule has 1 N–H and O–H groups in total. The van der Waals surface area contributed by atoms with Crippen molar-refractivity contribution in [1.82, 2.24) is 0 Å². The third-order valence-electron chi connectivity index (χ3n) is 2.02. The number of ether oxygens (including phenoxy) is 2. The van der Waals surface area contributed by atoms with Crippen LogP contribution in [-0.4, -0.2) is 37.5 Å². The summed E-state index contributed by atoms with van der Waals surface area (Å²) in [6, 6.07) is 0. The first kappa shape index (κ1) is 9.48. The molecule has 1 rings (SSSR count). The normalized spacial score (nSPS) is 19.8. The maximum atomic E-state index is 11.2. The first-order valence-corrected chi connectivity index (χ1v) is 4.14. The van der Waals surface area contributed by atoms with E-state index in [4.69, 9.17) is 14.6 Å². The van der Waals surface area contributed by atoms with Crippen molar-refractivity contribution in [3.63, 3.8) is 0 Å². The molecule has 0 saturated carbocycles. The SMILES string of the molecule is CCOC(=O)C(CO)C1COC1. The molecule has 0 aromatic carbocycles. The highest BCUT2D eigenvalue weighted by Gasteiger charge is 2.33. The van der Waals surface area contributed by atoms with Crippen molar-refractivity contribution in [3.8, 4) is 0 Å². The van der Waals surface area contributed by atoms with E-state index >= 15 is 0 Å². The van der Waals surface area contributed by atoms with Gasteiger partial charge in [0.25, 0.3) is 0 Å². The summed E-state index contributed by atoms with van der Waals surface area (Å²) in [6.07, 6.45) is 0. The fraction of sp³-hybridized carbons (Fsp3) is 0.875. The lowest BCUT2D eigenvalue weighted by atomic mass is 9.91. The lowest BCUT2D eigenvalue weighted by Gasteiger charge is -2.30. The number of aliphatic hydroxyl groups is 1. The van der Waals surface area contributed by atoms with E-state index in [0.717, 1.165) is 0 Å². The van der Waals surface area contributed by atoms with Gasteiger partial charge in [0.1, 0.15) is 0 Å². The van der Waals surface area contributed by atoms with E-state index < -0.39 is 5.92 Å². The van der Waals surface area contributed by atoms with E-state index in [1.54, 1.807) is 6.92 Å². The fourth-order valence-electron chi connectivity index (χ4n) is 1.15. The smallest absolute Gasteiger partial charge is 0.311 e. The van der Waals surface area contributed by atoms with Crippen molar-refractivity contribution >= 4 is 5.97 Å². The molecule has 1 atom stereocenters. The van der Waals surface area contributed by atoms with Gasteiger partial charge in [-0.2, -0.15) is 0 Å². The summed E-state index contributed by atoms with van der Waals surface area (Å²) in [6.45, 7) is 3.09. The number of rotatable bonds is 4. The summed E-state index contributed by atoms with van der Waals surface area (Å²) in [5, 5.41) is 8.90. The van der Waals surface area contributed by atoms with Crippen molar-refractivity contribution in [3.05, 3.63) is 0 Å². The second-order valence-electron chi connectivity index (χ2n) is 2.84. The Hall–Kier alpha value is -0.610. The lowest BCUT2D eigenvalue weighted by molar-refractivity contribution is -0.160. The first-order chi connectivity index (χ1) is 5.79.